The highest BCUT2D eigenvalue weighted by molar-refractivity contribution is 6.07. The summed E-state index contributed by atoms with van der Waals surface area (Å²) in [4.78, 5) is 18.4. The topological polar surface area (TPSA) is 71.2 Å². The lowest BCUT2D eigenvalue weighted by Gasteiger charge is -2.13. The average molecular weight is 328 g/mol. The summed E-state index contributed by atoms with van der Waals surface area (Å²) >= 11 is 0. The maximum Gasteiger partial charge on any atom is 0.254 e. The molecule has 1 amide bonds. The number of rotatable bonds is 4. The minimum atomic E-state index is -0.416. The lowest BCUT2D eigenvalue weighted by atomic mass is 10.0. The second kappa shape index (κ2) is 6.37. The number of aromatic nitrogens is 3. The number of hydrogen-bond donors (Lipinski definition) is 1. The average Bonchev–Trinajstić information content (AvgIpc) is 3.02. The molecule has 0 atom stereocenters. The van der Waals surface area contributed by atoms with E-state index in [0.29, 0.717) is 28.7 Å². The molecule has 1 N–H and O–H groups in total. The van der Waals surface area contributed by atoms with Gasteiger partial charge in [0.15, 0.2) is 0 Å². The van der Waals surface area contributed by atoms with Crippen molar-refractivity contribution in [3.63, 3.8) is 0 Å². The van der Waals surface area contributed by atoms with Gasteiger partial charge in [-0.15, -0.1) is 0 Å². The van der Waals surface area contributed by atoms with Gasteiger partial charge in [0, 0.05) is 31.2 Å². The molecular formula is C17H17FN4O2. The van der Waals surface area contributed by atoms with Crippen LogP contribution in [0.25, 0.3) is 22.2 Å². The molecule has 3 rings (SSSR count). The minimum absolute atomic E-state index is 0.0179. The number of nitrogens with zero attached hydrogens (tertiary/aromatic N) is 4. The van der Waals surface area contributed by atoms with Gasteiger partial charge in [-0.2, -0.15) is 5.10 Å². The summed E-state index contributed by atoms with van der Waals surface area (Å²) in [5.41, 5.74) is 2.22. The van der Waals surface area contributed by atoms with Crippen LogP contribution in [-0.4, -0.2) is 51.4 Å². The van der Waals surface area contributed by atoms with Gasteiger partial charge >= 0.3 is 0 Å². The first kappa shape index (κ1) is 16.1. The van der Waals surface area contributed by atoms with Gasteiger partial charge in [0.25, 0.3) is 5.91 Å². The molecule has 0 saturated carbocycles. The molecule has 7 heteroatoms. The Labute approximate surface area is 138 Å². The van der Waals surface area contributed by atoms with E-state index in [1.807, 2.05) is 0 Å². The van der Waals surface area contributed by atoms with E-state index in [1.165, 1.54) is 17.0 Å². The maximum absolute atomic E-state index is 13.6. The largest absolute Gasteiger partial charge is 0.394 e. The van der Waals surface area contributed by atoms with Crippen LogP contribution in [0.15, 0.2) is 36.7 Å². The van der Waals surface area contributed by atoms with Crippen molar-refractivity contribution in [2.75, 3.05) is 20.7 Å². The quantitative estimate of drug-likeness (QED) is 0.794. The highest BCUT2D eigenvalue weighted by Gasteiger charge is 2.16. The summed E-state index contributed by atoms with van der Waals surface area (Å²) < 4.78 is 15.2. The van der Waals surface area contributed by atoms with E-state index in [1.54, 1.807) is 43.3 Å². The van der Waals surface area contributed by atoms with E-state index in [0.717, 1.165) is 5.56 Å². The molecule has 2 heterocycles. The zero-order valence-electron chi connectivity index (χ0n) is 13.4. The molecule has 0 aliphatic heterocycles. The molecule has 124 valence electrons. The fourth-order valence-corrected chi connectivity index (χ4v) is 2.48. The Kier molecular flexibility index (Phi) is 4.26. The Hall–Kier alpha value is -2.80. The molecule has 0 saturated heterocycles. The number of aliphatic hydroxyl groups excluding tert-OH is 1. The van der Waals surface area contributed by atoms with Crippen LogP contribution in [0.4, 0.5) is 4.39 Å². The van der Waals surface area contributed by atoms with Gasteiger partial charge in [-0.1, -0.05) is 0 Å². The third-order valence-electron chi connectivity index (χ3n) is 3.67. The molecule has 0 spiro atoms. The van der Waals surface area contributed by atoms with Gasteiger partial charge in [-0.25, -0.2) is 9.37 Å². The molecule has 0 aliphatic rings. The molecule has 0 bridgehead atoms. The van der Waals surface area contributed by atoms with E-state index >= 15 is 0 Å². The van der Waals surface area contributed by atoms with E-state index in [4.69, 9.17) is 5.11 Å². The molecular weight excluding hydrogens is 311 g/mol. The third kappa shape index (κ3) is 2.98. The minimum Gasteiger partial charge on any atom is -0.394 e. The van der Waals surface area contributed by atoms with E-state index in [-0.39, 0.29) is 12.5 Å². The number of hydrogen-bond acceptors (Lipinski definition) is 4. The predicted octanol–water partition coefficient (Wildman–Crippen LogP) is 1.93. The van der Waals surface area contributed by atoms with Crippen molar-refractivity contribution >= 4 is 16.8 Å². The third-order valence-corrected chi connectivity index (χ3v) is 3.67. The lowest BCUT2D eigenvalue weighted by Crippen LogP contribution is -2.22. The van der Waals surface area contributed by atoms with E-state index < -0.39 is 5.82 Å². The van der Waals surface area contributed by atoms with Crippen molar-refractivity contribution in [2.45, 2.75) is 6.54 Å². The number of halogens is 1. The van der Waals surface area contributed by atoms with Gasteiger partial charge in [0.05, 0.1) is 36.1 Å². The first-order valence-corrected chi connectivity index (χ1v) is 7.45. The highest BCUT2D eigenvalue weighted by Crippen LogP contribution is 2.26. The van der Waals surface area contributed by atoms with Crippen LogP contribution in [0.2, 0.25) is 0 Å². The Bertz CT molecular complexity index is 905. The first-order chi connectivity index (χ1) is 11.5. The Morgan fingerprint density at radius 3 is 2.83 bits per heavy atom. The fraction of sp³-hybridized carbons (Fsp3) is 0.235. The second-order valence-corrected chi connectivity index (χ2v) is 5.63. The highest BCUT2D eigenvalue weighted by atomic mass is 19.1. The summed E-state index contributed by atoms with van der Waals surface area (Å²) in [7, 11) is 3.29. The van der Waals surface area contributed by atoms with Gasteiger partial charge in [0.2, 0.25) is 0 Å². The lowest BCUT2D eigenvalue weighted by molar-refractivity contribution is 0.0829. The van der Waals surface area contributed by atoms with Crippen LogP contribution < -0.4 is 0 Å². The van der Waals surface area contributed by atoms with Crippen LogP contribution in [0, 0.1) is 5.82 Å². The number of fused-ring (bicyclic) bond motifs is 1. The van der Waals surface area contributed by atoms with Crippen LogP contribution in [0.5, 0.6) is 0 Å². The molecule has 2 aromatic heterocycles. The second-order valence-electron chi connectivity index (χ2n) is 5.63. The zero-order valence-corrected chi connectivity index (χ0v) is 13.4. The van der Waals surface area contributed by atoms with Gasteiger partial charge in [-0.3, -0.25) is 9.48 Å². The van der Waals surface area contributed by atoms with E-state index in [9.17, 15) is 9.18 Å². The molecule has 6 nitrogen and oxygen atoms in total. The molecule has 3 aromatic rings. The van der Waals surface area contributed by atoms with Crippen LogP contribution in [0.1, 0.15) is 10.4 Å². The number of carbonyl (C=O) groups excluding carboxylic acids is 1. The summed E-state index contributed by atoms with van der Waals surface area (Å²) in [6, 6.07) is 5.83. The summed E-state index contributed by atoms with van der Waals surface area (Å²) in [5.74, 6) is -0.641. The van der Waals surface area contributed by atoms with Crippen molar-refractivity contribution < 1.29 is 14.3 Å². The zero-order chi connectivity index (χ0) is 17.3. The maximum atomic E-state index is 13.6. The normalized spacial score (nSPS) is 11.0. The van der Waals surface area contributed by atoms with Crippen LogP contribution in [-0.2, 0) is 6.54 Å². The number of benzene rings is 1. The SMILES string of the molecule is CN(C)C(=O)c1cc(-c2cnn(CCO)c2)nc2ccc(F)cc12. The molecule has 0 unspecified atom stereocenters. The van der Waals surface area contributed by atoms with Gasteiger partial charge < -0.3 is 10.0 Å². The van der Waals surface area contributed by atoms with Crippen LogP contribution in [0.3, 0.4) is 0 Å². The molecule has 0 radical (unpaired) electrons. The fourth-order valence-electron chi connectivity index (χ4n) is 2.48. The van der Waals surface area contributed by atoms with Crippen molar-refractivity contribution in [1.29, 1.82) is 0 Å². The number of pyridine rings is 1. The smallest absolute Gasteiger partial charge is 0.254 e. The Balaban J connectivity index is 2.18. The predicted molar refractivity (Wildman–Crippen MR) is 88.0 cm³/mol. The van der Waals surface area contributed by atoms with Crippen molar-refractivity contribution in [1.82, 2.24) is 19.7 Å². The molecule has 24 heavy (non-hydrogen) atoms. The molecule has 1 aromatic carbocycles. The summed E-state index contributed by atoms with van der Waals surface area (Å²) in [6.07, 6.45) is 3.37. The Morgan fingerprint density at radius 2 is 2.12 bits per heavy atom. The van der Waals surface area contributed by atoms with Crippen molar-refractivity contribution in [3.8, 4) is 11.3 Å². The number of amides is 1. The van der Waals surface area contributed by atoms with Crippen LogP contribution >= 0.6 is 0 Å². The van der Waals surface area contributed by atoms with Crippen molar-refractivity contribution in [2.24, 2.45) is 0 Å². The van der Waals surface area contributed by atoms with E-state index in [2.05, 4.69) is 10.1 Å². The standard InChI is InChI=1S/C17H17FN4O2/c1-21(2)17(24)14-8-16(11-9-19-22(10-11)5-6-23)20-15-4-3-12(18)7-13(14)15/h3-4,7-10,23H,5-6H2,1-2H3. The summed E-state index contributed by atoms with van der Waals surface area (Å²) in [6.45, 7) is 0.359. The summed E-state index contributed by atoms with van der Waals surface area (Å²) in [5, 5.41) is 13.6. The number of carbonyl (C=O) groups is 1. The molecule has 0 fully saturated rings. The monoisotopic (exact) mass is 328 g/mol. The molecule has 0 aliphatic carbocycles. The van der Waals surface area contributed by atoms with Gasteiger partial charge in [-0.05, 0) is 24.3 Å². The van der Waals surface area contributed by atoms with Gasteiger partial charge in [0.1, 0.15) is 5.82 Å². The number of aliphatic hydroxyl groups is 1. The van der Waals surface area contributed by atoms with Crippen molar-refractivity contribution in [3.05, 3.63) is 48.0 Å². The first-order valence-electron chi connectivity index (χ1n) is 7.45. The Morgan fingerprint density at radius 1 is 1.33 bits per heavy atom.